The second-order valence-electron chi connectivity index (χ2n) is 8.83. The zero-order valence-electron chi connectivity index (χ0n) is 19.9. The summed E-state index contributed by atoms with van der Waals surface area (Å²) in [6.07, 6.45) is 0. The molecule has 5 rings (SSSR count). The van der Waals surface area contributed by atoms with Crippen molar-refractivity contribution in [1.82, 2.24) is 19.3 Å². The van der Waals surface area contributed by atoms with Crippen molar-refractivity contribution in [3.63, 3.8) is 0 Å². The maximum Gasteiger partial charge on any atom is 0.259 e. The number of sulfonamides is 1. The van der Waals surface area contributed by atoms with Crippen LogP contribution < -0.4 is 0 Å². The van der Waals surface area contributed by atoms with Gasteiger partial charge < -0.3 is 9.42 Å². The number of aromatic nitrogens is 2. The van der Waals surface area contributed by atoms with Crippen molar-refractivity contribution < 1.29 is 17.7 Å². The van der Waals surface area contributed by atoms with Crippen LogP contribution >= 0.6 is 0 Å². The quantitative estimate of drug-likeness (QED) is 0.430. The standard InChI is InChI=1S/C26H26N4O4S/c1-17-9-10-23(18(2)15-17)35(32,33)30-13-11-29(12-14-30)26(31)21-16-22(20-7-5-4-6-8-20)27-25-24(21)19(3)28-34-25/h4-10,15-16H,11-14H2,1-3H3. The molecule has 1 amide bonds. The van der Waals surface area contributed by atoms with Crippen LogP contribution in [0.3, 0.4) is 0 Å². The molecule has 2 aromatic heterocycles. The van der Waals surface area contributed by atoms with Crippen molar-refractivity contribution in [2.24, 2.45) is 0 Å². The number of hydrogen-bond acceptors (Lipinski definition) is 6. The van der Waals surface area contributed by atoms with E-state index in [1.165, 1.54) is 4.31 Å². The van der Waals surface area contributed by atoms with Gasteiger partial charge in [-0.25, -0.2) is 13.4 Å². The monoisotopic (exact) mass is 490 g/mol. The van der Waals surface area contributed by atoms with E-state index in [1.807, 2.05) is 43.3 Å². The Bertz CT molecular complexity index is 1520. The average molecular weight is 491 g/mol. The van der Waals surface area contributed by atoms with E-state index in [9.17, 15) is 13.2 Å². The van der Waals surface area contributed by atoms with Gasteiger partial charge in [-0.15, -0.1) is 0 Å². The number of nitrogens with zero attached hydrogens (tertiary/aromatic N) is 4. The van der Waals surface area contributed by atoms with Gasteiger partial charge in [0.1, 0.15) is 0 Å². The minimum Gasteiger partial charge on any atom is -0.336 e. The Morgan fingerprint density at radius 2 is 1.66 bits per heavy atom. The number of carbonyl (C=O) groups excluding carboxylic acids is 1. The SMILES string of the molecule is Cc1ccc(S(=O)(=O)N2CCN(C(=O)c3cc(-c4ccccc4)nc4onc(C)c34)CC2)c(C)c1. The second-order valence-corrected chi connectivity index (χ2v) is 10.7. The predicted molar refractivity (Wildman–Crippen MR) is 133 cm³/mol. The number of aryl methyl sites for hydroxylation is 3. The smallest absolute Gasteiger partial charge is 0.259 e. The molecular weight excluding hydrogens is 464 g/mol. The van der Waals surface area contributed by atoms with E-state index < -0.39 is 10.0 Å². The Balaban J connectivity index is 1.42. The molecule has 9 heteroatoms. The molecule has 1 fully saturated rings. The van der Waals surface area contributed by atoms with Crippen molar-refractivity contribution >= 4 is 27.0 Å². The maximum absolute atomic E-state index is 13.6. The van der Waals surface area contributed by atoms with Crippen molar-refractivity contribution in [3.8, 4) is 11.3 Å². The molecular formula is C26H26N4O4S. The minimum atomic E-state index is -3.64. The van der Waals surface area contributed by atoms with Crippen LogP contribution in [-0.4, -0.2) is 59.8 Å². The first-order valence-electron chi connectivity index (χ1n) is 11.4. The van der Waals surface area contributed by atoms with E-state index >= 15 is 0 Å². The normalized spacial score (nSPS) is 15.0. The lowest BCUT2D eigenvalue weighted by molar-refractivity contribution is 0.0699. The molecule has 3 heterocycles. The summed E-state index contributed by atoms with van der Waals surface area (Å²) in [7, 11) is -3.64. The fraction of sp³-hybridized carbons (Fsp3) is 0.269. The summed E-state index contributed by atoms with van der Waals surface area (Å²) in [5.74, 6) is -0.190. The molecule has 2 aromatic carbocycles. The Labute approximate surface area is 204 Å². The van der Waals surface area contributed by atoms with Gasteiger partial charge in [-0.05, 0) is 38.5 Å². The first-order chi connectivity index (χ1) is 16.8. The van der Waals surface area contributed by atoms with Gasteiger partial charge in [0.05, 0.1) is 27.2 Å². The third kappa shape index (κ3) is 4.21. The highest BCUT2D eigenvalue weighted by Crippen LogP contribution is 2.29. The van der Waals surface area contributed by atoms with Gasteiger partial charge >= 0.3 is 0 Å². The number of fused-ring (bicyclic) bond motifs is 1. The fourth-order valence-electron chi connectivity index (χ4n) is 4.55. The summed E-state index contributed by atoms with van der Waals surface area (Å²) < 4.78 is 33.3. The summed E-state index contributed by atoms with van der Waals surface area (Å²) in [4.78, 5) is 20.2. The number of carbonyl (C=O) groups is 1. The molecule has 0 unspecified atom stereocenters. The molecule has 0 saturated carbocycles. The first kappa shape index (κ1) is 23.2. The fourth-order valence-corrected chi connectivity index (χ4v) is 6.18. The number of pyridine rings is 1. The third-order valence-corrected chi connectivity index (χ3v) is 8.45. The van der Waals surface area contributed by atoms with Gasteiger partial charge in [-0.2, -0.15) is 4.31 Å². The molecule has 1 aliphatic heterocycles. The molecule has 1 saturated heterocycles. The lowest BCUT2D eigenvalue weighted by Gasteiger charge is -2.34. The van der Waals surface area contributed by atoms with E-state index in [-0.39, 0.29) is 32.1 Å². The molecule has 0 N–H and O–H groups in total. The van der Waals surface area contributed by atoms with Crippen LogP contribution in [-0.2, 0) is 10.0 Å². The van der Waals surface area contributed by atoms with Crippen LogP contribution in [0.1, 0.15) is 27.2 Å². The Hall–Kier alpha value is -3.56. The molecule has 8 nitrogen and oxygen atoms in total. The molecule has 35 heavy (non-hydrogen) atoms. The van der Waals surface area contributed by atoms with Gasteiger partial charge in [-0.3, -0.25) is 4.79 Å². The molecule has 0 radical (unpaired) electrons. The zero-order valence-corrected chi connectivity index (χ0v) is 20.7. The first-order valence-corrected chi connectivity index (χ1v) is 12.9. The molecule has 4 aromatic rings. The summed E-state index contributed by atoms with van der Waals surface area (Å²) in [5, 5.41) is 4.60. The van der Waals surface area contributed by atoms with Crippen molar-refractivity contribution in [2.45, 2.75) is 25.7 Å². The minimum absolute atomic E-state index is 0.190. The number of hydrogen-bond donors (Lipinski definition) is 0. The van der Waals surface area contributed by atoms with Crippen molar-refractivity contribution in [2.75, 3.05) is 26.2 Å². The summed E-state index contributed by atoms with van der Waals surface area (Å²) in [6.45, 7) is 6.55. The van der Waals surface area contributed by atoms with Gasteiger partial charge in [0.15, 0.2) is 0 Å². The third-order valence-electron chi connectivity index (χ3n) is 6.39. The van der Waals surface area contributed by atoms with Crippen molar-refractivity contribution in [1.29, 1.82) is 0 Å². The molecule has 0 bridgehead atoms. The maximum atomic E-state index is 13.6. The number of piperazine rings is 1. The average Bonchev–Trinajstić information content (AvgIpc) is 3.24. The van der Waals surface area contributed by atoms with E-state index in [1.54, 1.807) is 36.9 Å². The molecule has 0 spiro atoms. The van der Waals surface area contributed by atoms with Gasteiger partial charge in [0.2, 0.25) is 10.0 Å². The van der Waals surface area contributed by atoms with Crippen LogP contribution in [0.25, 0.3) is 22.4 Å². The summed E-state index contributed by atoms with van der Waals surface area (Å²) in [5.41, 5.74) is 4.57. The zero-order chi connectivity index (χ0) is 24.7. The number of amides is 1. The van der Waals surface area contributed by atoms with E-state index in [4.69, 9.17) is 4.52 Å². The highest BCUT2D eigenvalue weighted by Gasteiger charge is 2.32. The van der Waals surface area contributed by atoms with Crippen LogP contribution in [0.2, 0.25) is 0 Å². The Morgan fingerprint density at radius 1 is 0.943 bits per heavy atom. The second kappa shape index (κ2) is 8.90. The summed E-state index contributed by atoms with van der Waals surface area (Å²) in [6, 6.07) is 16.7. The van der Waals surface area contributed by atoms with E-state index in [0.29, 0.717) is 32.9 Å². The Morgan fingerprint density at radius 3 is 2.34 bits per heavy atom. The number of benzene rings is 2. The highest BCUT2D eigenvalue weighted by molar-refractivity contribution is 7.89. The Kier molecular flexibility index (Phi) is 5.90. The van der Waals surface area contributed by atoms with Crippen LogP contribution in [0.5, 0.6) is 0 Å². The summed E-state index contributed by atoms with van der Waals surface area (Å²) >= 11 is 0. The van der Waals surface area contributed by atoms with Crippen LogP contribution in [0.4, 0.5) is 0 Å². The van der Waals surface area contributed by atoms with Gasteiger partial charge in [-0.1, -0.05) is 53.2 Å². The molecule has 0 aliphatic carbocycles. The van der Waals surface area contributed by atoms with Crippen molar-refractivity contribution in [3.05, 3.63) is 77.0 Å². The van der Waals surface area contributed by atoms with Gasteiger partial charge in [0, 0.05) is 31.7 Å². The molecule has 1 aliphatic rings. The lowest BCUT2D eigenvalue weighted by Crippen LogP contribution is -2.50. The van der Waals surface area contributed by atoms with E-state index in [2.05, 4.69) is 10.1 Å². The number of rotatable bonds is 4. The van der Waals surface area contributed by atoms with Crippen LogP contribution in [0, 0.1) is 20.8 Å². The predicted octanol–water partition coefficient (Wildman–Crippen LogP) is 3.96. The molecule has 0 atom stereocenters. The topological polar surface area (TPSA) is 96.6 Å². The van der Waals surface area contributed by atoms with E-state index in [0.717, 1.165) is 16.7 Å². The lowest BCUT2D eigenvalue weighted by atomic mass is 10.0. The highest BCUT2D eigenvalue weighted by atomic mass is 32.2. The molecule has 180 valence electrons. The van der Waals surface area contributed by atoms with Gasteiger partial charge in [0.25, 0.3) is 11.6 Å². The largest absolute Gasteiger partial charge is 0.336 e. The van der Waals surface area contributed by atoms with Crippen LogP contribution in [0.15, 0.2) is 64.0 Å².